The van der Waals surface area contributed by atoms with Crippen molar-refractivity contribution in [1.29, 1.82) is 0 Å². The molecule has 5 rings (SSSR count). The van der Waals surface area contributed by atoms with Crippen LogP contribution in [0.3, 0.4) is 0 Å². The maximum Gasteiger partial charge on any atom is 0.267 e. The summed E-state index contributed by atoms with van der Waals surface area (Å²) in [5.74, 6) is 0.854. The van der Waals surface area contributed by atoms with Gasteiger partial charge in [0.2, 0.25) is 5.91 Å². The van der Waals surface area contributed by atoms with E-state index in [1.807, 2.05) is 31.2 Å². The molecule has 0 saturated carbocycles. The molecule has 1 aromatic carbocycles. The van der Waals surface area contributed by atoms with Crippen molar-refractivity contribution >= 4 is 45.0 Å². The molecule has 1 aliphatic rings. The quantitative estimate of drug-likeness (QED) is 0.340. The first-order valence-electron chi connectivity index (χ1n) is 10.5. The zero-order valence-corrected chi connectivity index (χ0v) is 19.4. The van der Waals surface area contributed by atoms with Crippen LogP contribution in [-0.2, 0) is 17.6 Å². The molecule has 0 bridgehead atoms. The van der Waals surface area contributed by atoms with E-state index in [1.165, 1.54) is 16.6 Å². The predicted molar refractivity (Wildman–Crippen MR) is 127 cm³/mol. The van der Waals surface area contributed by atoms with E-state index in [0.29, 0.717) is 16.7 Å². The first-order valence-corrected chi connectivity index (χ1v) is 12.3. The van der Waals surface area contributed by atoms with Crippen LogP contribution in [0, 0.1) is 13.8 Å². The topological polar surface area (TPSA) is 90.0 Å². The van der Waals surface area contributed by atoms with Crippen LogP contribution in [0.1, 0.15) is 34.6 Å². The van der Waals surface area contributed by atoms with Crippen molar-refractivity contribution in [1.82, 2.24) is 14.7 Å². The molecule has 3 heterocycles. The second-order valence-electron chi connectivity index (χ2n) is 7.92. The van der Waals surface area contributed by atoms with E-state index in [1.54, 1.807) is 28.9 Å². The van der Waals surface area contributed by atoms with Gasteiger partial charge >= 0.3 is 0 Å². The van der Waals surface area contributed by atoms with E-state index in [2.05, 4.69) is 10.5 Å². The van der Waals surface area contributed by atoms with Gasteiger partial charge in [-0.3, -0.25) is 14.2 Å². The third-order valence-electron chi connectivity index (χ3n) is 5.48. The molecule has 0 saturated heterocycles. The fourth-order valence-electron chi connectivity index (χ4n) is 3.94. The Labute approximate surface area is 192 Å². The fourth-order valence-corrected chi connectivity index (χ4v) is 6.05. The lowest BCUT2D eigenvalue weighted by atomic mass is 9.97. The largest absolute Gasteiger partial charge is 0.360 e. The van der Waals surface area contributed by atoms with Gasteiger partial charge in [-0.2, -0.15) is 0 Å². The number of aryl methyl sites for hydroxylation is 4. The molecule has 7 nitrogen and oxygen atoms in total. The SMILES string of the molecule is Cc1ccc(-n2c(SCC(=O)Nc3cc(C)on3)nc3sc4c(c3c2=O)CCCC4)cc1. The van der Waals surface area contributed by atoms with Crippen LogP contribution in [0.2, 0.25) is 0 Å². The number of amides is 1. The third kappa shape index (κ3) is 3.98. The Morgan fingerprint density at radius 3 is 2.75 bits per heavy atom. The minimum Gasteiger partial charge on any atom is -0.360 e. The van der Waals surface area contributed by atoms with Crippen molar-refractivity contribution in [2.45, 2.75) is 44.7 Å². The normalized spacial score (nSPS) is 13.3. The Hall–Kier alpha value is -2.91. The smallest absolute Gasteiger partial charge is 0.267 e. The van der Waals surface area contributed by atoms with Gasteiger partial charge in [0.1, 0.15) is 10.6 Å². The molecule has 4 aromatic rings. The molecule has 0 fully saturated rings. The highest BCUT2D eigenvalue weighted by Gasteiger charge is 2.23. The molecule has 1 amide bonds. The maximum atomic E-state index is 13.7. The van der Waals surface area contributed by atoms with Crippen molar-refractivity contribution in [3.05, 3.63) is 62.4 Å². The van der Waals surface area contributed by atoms with Gasteiger partial charge in [-0.25, -0.2) is 4.98 Å². The average Bonchev–Trinajstić information content (AvgIpc) is 3.36. The highest BCUT2D eigenvalue weighted by atomic mass is 32.2. The number of thioether (sulfide) groups is 1. The first-order chi connectivity index (χ1) is 15.5. The Kier molecular flexibility index (Phi) is 5.60. The van der Waals surface area contributed by atoms with E-state index in [0.717, 1.165) is 52.7 Å². The summed E-state index contributed by atoms with van der Waals surface area (Å²) < 4.78 is 6.63. The number of benzene rings is 1. The van der Waals surface area contributed by atoms with Gasteiger partial charge in [0.25, 0.3) is 5.56 Å². The number of rotatable bonds is 5. The number of hydrogen-bond acceptors (Lipinski definition) is 7. The van der Waals surface area contributed by atoms with Crippen LogP contribution < -0.4 is 10.9 Å². The van der Waals surface area contributed by atoms with Crippen molar-refractivity contribution in [2.24, 2.45) is 0 Å². The molecule has 0 aliphatic heterocycles. The van der Waals surface area contributed by atoms with Gasteiger partial charge in [-0.15, -0.1) is 11.3 Å². The fraction of sp³-hybridized carbons (Fsp3) is 0.304. The van der Waals surface area contributed by atoms with Crippen LogP contribution in [0.5, 0.6) is 0 Å². The molecule has 1 N–H and O–H groups in total. The van der Waals surface area contributed by atoms with Gasteiger partial charge in [0, 0.05) is 10.9 Å². The maximum absolute atomic E-state index is 13.7. The minimum absolute atomic E-state index is 0.0618. The Morgan fingerprint density at radius 1 is 1.22 bits per heavy atom. The molecule has 0 radical (unpaired) electrons. The number of thiophene rings is 1. The lowest BCUT2D eigenvalue weighted by Gasteiger charge is -2.13. The van der Waals surface area contributed by atoms with Gasteiger partial charge in [0.15, 0.2) is 11.0 Å². The monoisotopic (exact) mass is 466 g/mol. The second-order valence-corrected chi connectivity index (χ2v) is 9.95. The standard InChI is InChI=1S/C23H22N4O3S2/c1-13-7-9-15(10-8-13)27-22(29)20-16-5-3-4-6-17(16)32-21(20)25-23(27)31-12-19(28)24-18-11-14(2)30-26-18/h7-11H,3-6,12H2,1-2H3,(H,24,26,28). The summed E-state index contributed by atoms with van der Waals surface area (Å²) in [4.78, 5) is 33.1. The summed E-state index contributed by atoms with van der Waals surface area (Å²) in [6.07, 6.45) is 4.17. The molecule has 0 unspecified atom stereocenters. The number of aromatic nitrogens is 3. The Morgan fingerprint density at radius 2 is 2.00 bits per heavy atom. The van der Waals surface area contributed by atoms with Crippen LogP contribution >= 0.6 is 23.1 Å². The third-order valence-corrected chi connectivity index (χ3v) is 7.60. The van der Waals surface area contributed by atoms with E-state index >= 15 is 0 Å². The molecule has 164 valence electrons. The van der Waals surface area contributed by atoms with Crippen molar-refractivity contribution in [3.63, 3.8) is 0 Å². The van der Waals surface area contributed by atoms with Crippen molar-refractivity contribution in [3.8, 4) is 5.69 Å². The summed E-state index contributed by atoms with van der Waals surface area (Å²) in [5.41, 5.74) is 2.96. The number of carbonyl (C=O) groups excluding carboxylic acids is 1. The van der Waals surface area contributed by atoms with Crippen LogP contribution in [0.15, 0.2) is 44.8 Å². The van der Waals surface area contributed by atoms with Crippen LogP contribution in [0.4, 0.5) is 5.82 Å². The van der Waals surface area contributed by atoms with E-state index in [-0.39, 0.29) is 17.2 Å². The number of anilines is 1. The van der Waals surface area contributed by atoms with E-state index in [9.17, 15) is 9.59 Å². The van der Waals surface area contributed by atoms with Crippen molar-refractivity contribution in [2.75, 3.05) is 11.1 Å². The lowest BCUT2D eigenvalue weighted by Crippen LogP contribution is -2.23. The number of nitrogens with one attached hydrogen (secondary N) is 1. The van der Waals surface area contributed by atoms with Crippen LogP contribution in [0.25, 0.3) is 15.9 Å². The summed E-state index contributed by atoms with van der Waals surface area (Å²) in [6.45, 7) is 3.77. The first kappa shape index (κ1) is 21.0. The molecule has 1 aliphatic carbocycles. The molecule has 3 aromatic heterocycles. The van der Waals surface area contributed by atoms with E-state index < -0.39 is 0 Å². The summed E-state index contributed by atoms with van der Waals surface area (Å²) >= 11 is 2.86. The number of fused-ring (bicyclic) bond motifs is 3. The highest BCUT2D eigenvalue weighted by Crippen LogP contribution is 2.35. The van der Waals surface area contributed by atoms with Crippen molar-refractivity contribution < 1.29 is 9.32 Å². The molecular formula is C23H22N4O3S2. The molecular weight excluding hydrogens is 444 g/mol. The summed E-state index contributed by atoms with van der Waals surface area (Å²) in [6, 6.07) is 9.45. The second kappa shape index (κ2) is 8.55. The summed E-state index contributed by atoms with van der Waals surface area (Å²) in [7, 11) is 0. The zero-order valence-electron chi connectivity index (χ0n) is 17.8. The number of carbonyl (C=O) groups is 1. The lowest BCUT2D eigenvalue weighted by molar-refractivity contribution is -0.113. The Balaban J connectivity index is 1.54. The predicted octanol–water partition coefficient (Wildman–Crippen LogP) is 4.66. The average molecular weight is 467 g/mol. The van der Waals surface area contributed by atoms with Gasteiger partial charge in [-0.1, -0.05) is 34.6 Å². The van der Waals surface area contributed by atoms with Gasteiger partial charge in [-0.05, 0) is 57.2 Å². The zero-order chi connectivity index (χ0) is 22.2. The van der Waals surface area contributed by atoms with Crippen LogP contribution in [-0.4, -0.2) is 26.4 Å². The molecule has 9 heteroatoms. The molecule has 0 atom stereocenters. The van der Waals surface area contributed by atoms with Gasteiger partial charge in [0.05, 0.1) is 16.8 Å². The van der Waals surface area contributed by atoms with Gasteiger partial charge < -0.3 is 9.84 Å². The minimum atomic E-state index is -0.237. The number of nitrogens with zero attached hydrogens (tertiary/aromatic N) is 3. The molecule has 32 heavy (non-hydrogen) atoms. The summed E-state index contributed by atoms with van der Waals surface area (Å²) in [5, 5.41) is 7.75. The Bertz CT molecular complexity index is 1370. The highest BCUT2D eigenvalue weighted by molar-refractivity contribution is 7.99. The number of hydrogen-bond donors (Lipinski definition) is 1. The molecule has 0 spiro atoms. The van der Waals surface area contributed by atoms with E-state index in [4.69, 9.17) is 9.51 Å².